The normalized spacial score (nSPS) is 11.0. The standard InChI is InChI=1S/C19H17N5OS/c1-3-16-21-22-19-24(16)23-18(26-19)13-8-6-9-14(11-13)20-17(25)15-10-5-4-7-12(15)2/h4-11H,3H2,1-2H3,(H,20,25). The van der Waals surface area contributed by atoms with E-state index in [1.165, 1.54) is 11.3 Å². The summed E-state index contributed by atoms with van der Waals surface area (Å²) in [5.74, 6) is 0.721. The van der Waals surface area contributed by atoms with Crippen molar-refractivity contribution >= 4 is 27.9 Å². The number of rotatable bonds is 4. The summed E-state index contributed by atoms with van der Waals surface area (Å²) in [4.78, 5) is 13.3. The molecule has 130 valence electrons. The SMILES string of the molecule is CCc1nnc2sc(-c3cccc(NC(=O)c4ccccc4C)c3)nn12. The van der Waals surface area contributed by atoms with E-state index in [1.807, 2.05) is 62.4 Å². The number of nitrogens with one attached hydrogen (secondary N) is 1. The number of anilines is 1. The van der Waals surface area contributed by atoms with Crippen LogP contribution < -0.4 is 5.32 Å². The molecule has 2 aromatic heterocycles. The number of benzene rings is 2. The van der Waals surface area contributed by atoms with Crippen molar-refractivity contribution in [3.8, 4) is 10.6 Å². The molecule has 1 amide bonds. The zero-order valence-electron chi connectivity index (χ0n) is 14.4. The summed E-state index contributed by atoms with van der Waals surface area (Å²) >= 11 is 1.48. The summed E-state index contributed by atoms with van der Waals surface area (Å²) in [6.45, 7) is 3.95. The van der Waals surface area contributed by atoms with Gasteiger partial charge in [0.2, 0.25) is 4.96 Å². The summed E-state index contributed by atoms with van der Waals surface area (Å²) < 4.78 is 1.78. The van der Waals surface area contributed by atoms with Gasteiger partial charge in [-0.25, -0.2) is 0 Å². The fourth-order valence-corrected chi connectivity index (χ4v) is 3.61. The molecule has 0 aliphatic heterocycles. The first-order valence-corrected chi connectivity index (χ1v) is 9.16. The molecule has 0 aliphatic carbocycles. The van der Waals surface area contributed by atoms with Crippen molar-refractivity contribution in [2.75, 3.05) is 5.32 Å². The van der Waals surface area contributed by atoms with Crippen LogP contribution in [0.5, 0.6) is 0 Å². The van der Waals surface area contributed by atoms with Gasteiger partial charge in [0.15, 0.2) is 5.82 Å². The highest BCUT2D eigenvalue weighted by molar-refractivity contribution is 7.19. The first kappa shape index (κ1) is 16.4. The molecule has 2 aromatic carbocycles. The Morgan fingerprint density at radius 2 is 2.00 bits per heavy atom. The van der Waals surface area contributed by atoms with Crippen LogP contribution in [0.2, 0.25) is 0 Å². The van der Waals surface area contributed by atoms with E-state index in [0.717, 1.165) is 39.0 Å². The maximum atomic E-state index is 12.5. The highest BCUT2D eigenvalue weighted by Gasteiger charge is 2.13. The summed E-state index contributed by atoms with van der Waals surface area (Å²) in [6.07, 6.45) is 0.775. The van der Waals surface area contributed by atoms with E-state index in [2.05, 4.69) is 20.6 Å². The summed E-state index contributed by atoms with van der Waals surface area (Å²) in [5.41, 5.74) is 3.29. The molecule has 4 aromatic rings. The number of aryl methyl sites for hydroxylation is 2. The predicted octanol–water partition coefficient (Wildman–Crippen LogP) is 3.98. The molecule has 0 unspecified atom stereocenters. The molecule has 1 N–H and O–H groups in total. The van der Waals surface area contributed by atoms with Crippen LogP contribution in [0.1, 0.15) is 28.7 Å². The first-order chi connectivity index (χ1) is 12.7. The first-order valence-electron chi connectivity index (χ1n) is 8.34. The van der Waals surface area contributed by atoms with Gasteiger partial charge in [0.25, 0.3) is 5.91 Å². The Balaban J connectivity index is 1.62. The van der Waals surface area contributed by atoms with E-state index in [4.69, 9.17) is 0 Å². The minimum absolute atomic E-state index is 0.119. The smallest absolute Gasteiger partial charge is 0.255 e. The van der Waals surface area contributed by atoms with Crippen LogP contribution in [0.4, 0.5) is 5.69 Å². The summed E-state index contributed by atoms with van der Waals surface area (Å²) in [5, 5.41) is 16.7. The molecular formula is C19H17N5OS. The van der Waals surface area contributed by atoms with Crippen LogP contribution in [0, 0.1) is 6.92 Å². The van der Waals surface area contributed by atoms with Crippen LogP contribution >= 0.6 is 11.3 Å². The number of carbonyl (C=O) groups is 1. The van der Waals surface area contributed by atoms with Gasteiger partial charge < -0.3 is 5.32 Å². The fraction of sp³-hybridized carbons (Fsp3) is 0.158. The fourth-order valence-electron chi connectivity index (χ4n) is 2.75. The highest BCUT2D eigenvalue weighted by atomic mass is 32.1. The zero-order valence-corrected chi connectivity index (χ0v) is 15.2. The maximum Gasteiger partial charge on any atom is 0.255 e. The van der Waals surface area contributed by atoms with Gasteiger partial charge in [-0.1, -0.05) is 48.6 Å². The number of nitrogens with zero attached hydrogens (tertiary/aromatic N) is 4. The summed E-state index contributed by atoms with van der Waals surface area (Å²) in [7, 11) is 0. The van der Waals surface area contributed by atoms with Crippen LogP contribution in [0.25, 0.3) is 15.5 Å². The molecule has 0 spiro atoms. The molecule has 0 bridgehead atoms. The molecular weight excluding hydrogens is 346 g/mol. The molecule has 7 heteroatoms. The number of amides is 1. The Morgan fingerprint density at radius 1 is 1.15 bits per heavy atom. The molecule has 0 saturated heterocycles. The third kappa shape index (κ3) is 2.97. The van der Waals surface area contributed by atoms with Crippen molar-refractivity contribution in [2.45, 2.75) is 20.3 Å². The van der Waals surface area contributed by atoms with Crippen molar-refractivity contribution in [1.82, 2.24) is 19.8 Å². The molecule has 26 heavy (non-hydrogen) atoms. The van der Waals surface area contributed by atoms with Crippen molar-refractivity contribution < 1.29 is 4.79 Å². The number of hydrogen-bond donors (Lipinski definition) is 1. The van der Waals surface area contributed by atoms with E-state index < -0.39 is 0 Å². The van der Waals surface area contributed by atoms with Gasteiger partial charge in [-0.3, -0.25) is 4.79 Å². The molecule has 0 saturated carbocycles. The third-order valence-corrected chi connectivity index (χ3v) is 5.08. The second kappa shape index (κ2) is 6.68. The van der Waals surface area contributed by atoms with Crippen molar-refractivity contribution in [3.05, 3.63) is 65.5 Å². The third-order valence-electron chi connectivity index (χ3n) is 4.13. The Hall–Kier alpha value is -3.06. The topological polar surface area (TPSA) is 72.2 Å². The number of hydrogen-bond acceptors (Lipinski definition) is 5. The molecule has 4 rings (SSSR count). The zero-order chi connectivity index (χ0) is 18.1. The lowest BCUT2D eigenvalue weighted by Gasteiger charge is -2.08. The van der Waals surface area contributed by atoms with Crippen molar-refractivity contribution in [2.24, 2.45) is 0 Å². The molecule has 0 aliphatic rings. The molecule has 0 atom stereocenters. The Morgan fingerprint density at radius 3 is 2.81 bits per heavy atom. The van der Waals surface area contributed by atoms with Crippen LogP contribution in [0.15, 0.2) is 48.5 Å². The van der Waals surface area contributed by atoms with Gasteiger partial charge in [0.1, 0.15) is 5.01 Å². The second-order valence-corrected chi connectivity index (χ2v) is 6.88. The monoisotopic (exact) mass is 363 g/mol. The van der Waals surface area contributed by atoms with Crippen LogP contribution in [-0.2, 0) is 6.42 Å². The second-order valence-electron chi connectivity index (χ2n) is 5.92. The lowest BCUT2D eigenvalue weighted by atomic mass is 10.1. The Labute approximate surface area is 154 Å². The molecule has 0 radical (unpaired) electrons. The largest absolute Gasteiger partial charge is 0.322 e. The lowest BCUT2D eigenvalue weighted by molar-refractivity contribution is 0.102. The van der Waals surface area contributed by atoms with Gasteiger partial charge in [-0.05, 0) is 30.7 Å². The minimum Gasteiger partial charge on any atom is -0.322 e. The van der Waals surface area contributed by atoms with Gasteiger partial charge in [0.05, 0.1) is 0 Å². The van der Waals surface area contributed by atoms with E-state index in [0.29, 0.717) is 5.56 Å². The van der Waals surface area contributed by atoms with E-state index >= 15 is 0 Å². The Kier molecular flexibility index (Phi) is 4.22. The summed E-state index contributed by atoms with van der Waals surface area (Å²) in [6, 6.07) is 15.2. The average Bonchev–Trinajstić information content (AvgIpc) is 3.22. The highest BCUT2D eigenvalue weighted by Crippen LogP contribution is 2.27. The van der Waals surface area contributed by atoms with Crippen molar-refractivity contribution in [1.29, 1.82) is 0 Å². The Bertz CT molecular complexity index is 1100. The molecule has 2 heterocycles. The molecule has 6 nitrogen and oxygen atoms in total. The van der Waals surface area contributed by atoms with Crippen molar-refractivity contribution in [3.63, 3.8) is 0 Å². The lowest BCUT2D eigenvalue weighted by Crippen LogP contribution is -2.13. The van der Waals surface area contributed by atoms with E-state index in [-0.39, 0.29) is 5.91 Å². The quantitative estimate of drug-likeness (QED) is 0.595. The number of fused-ring (bicyclic) bond motifs is 1. The number of carbonyl (C=O) groups excluding carboxylic acids is 1. The van der Waals surface area contributed by atoms with Crippen LogP contribution in [-0.4, -0.2) is 25.7 Å². The average molecular weight is 363 g/mol. The van der Waals surface area contributed by atoms with Gasteiger partial charge in [-0.15, -0.1) is 10.2 Å². The van der Waals surface area contributed by atoms with E-state index in [9.17, 15) is 4.79 Å². The van der Waals surface area contributed by atoms with Gasteiger partial charge >= 0.3 is 0 Å². The van der Waals surface area contributed by atoms with E-state index in [1.54, 1.807) is 4.52 Å². The van der Waals surface area contributed by atoms with Gasteiger partial charge in [0, 0.05) is 23.2 Å². The maximum absolute atomic E-state index is 12.5. The number of aromatic nitrogens is 4. The molecule has 0 fully saturated rings. The predicted molar refractivity (Wildman–Crippen MR) is 103 cm³/mol. The van der Waals surface area contributed by atoms with Gasteiger partial charge in [-0.2, -0.15) is 9.61 Å². The van der Waals surface area contributed by atoms with Crippen LogP contribution in [0.3, 0.4) is 0 Å². The minimum atomic E-state index is -0.119.